The van der Waals surface area contributed by atoms with E-state index in [0.29, 0.717) is 10.9 Å². The van der Waals surface area contributed by atoms with Crippen LogP contribution in [0, 0.1) is 0 Å². The van der Waals surface area contributed by atoms with E-state index in [1.165, 1.54) is 28.7 Å². The molecular formula is C16H16N6O2S. The van der Waals surface area contributed by atoms with E-state index in [1.54, 1.807) is 23.5 Å². The molecule has 0 saturated carbocycles. The van der Waals surface area contributed by atoms with Gasteiger partial charge in [0.1, 0.15) is 12.1 Å². The van der Waals surface area contributed by atoms with Crippen LogP contribution in [0.25, 0.3) is 5.69 Å². The third-order valence-electron chi connectivity index (χ3n) is 3.89. The topological polar surface area (TPSA) is 94.8 Å². The van der Waals surface area contributed by atoms with Crippen molar-refractivity contribution in [2.75, 3.05) is 11.9 Å². The van der Waals surface area contributed by atoms with Crippen molar-refractivity contribution in [3.05, 3.63) is 41.2 Å². The molecule has 0 bridgehead atoms. The monoisotopic (exact) mass is 356 g/mol. The maximum atomic E-state index is 12.1. The van der Waals surface area contributed by atoms with Gasteiger partial charge < -0.3 is 4.74 Å². The first-order chi connectivity index (χ1) is 12.3. The van der Waals surface area contributed by atoms with Gasteiger partial charge in [0.2, 0.25) is 0 Å². The van der Waals surface area contributed by atoms with E-state index in [-0.39, 0.29) is 12.5 Å². The number of anilines is 1. The number of amides is 1. The van der Waals surface area contributed by atoms with Crippen molar-refractivity contribution in [3.63, 3.8) is 0 Å². The number of rotatable bonds is 5. The van der Waals surface area contributed by atoms with Crippen molar-refractivity contribution in [2.45, 2.75) is 25.7 Å². The molecule has 2 aromatic heterocycles. The lowest BCUT2D eigenvalue weighted by Crippen LogP contribution is -2.20. The van der Waals surface area contributed by atoms with Crippen molar-refractivity contribution in [2.24, 2.45) is 0 Å². The maximum Gasteiger partial charge on any atom is 0.264 e. The summed E-state index contributed by atoms with van der Waals surface area (Å²) in [5, 5.41) is 14.5. The molecule has 0 saturated heterocycles. The molecule has 1 amide bonds. The molecule has 1 aliphatic carbocycles. The van der Waals surface area contributed by atoms with Gasteiger partial charge in [0.05, 0.1) is 11.4 Å². The minimum atomic E-state index is -0.223. The summed E-state index contributed by atoms with van der Waals surface area (Å²) < 4.78 is 7.08. The van der Waals surface area contributed by atoms with E-state index in [2.05, 4.69) is 25.8 Å². The molecule has 128 valence electrons. The largest absolute Gasteiger partial charge is 0.484 e. The Hall–Kier alpha value is -2.81. The fourth-order valence-corrected chi connectivity index (χ4v) is 3.77. The van der Waals surface area contributed by atoms with Gasteiger partial charge in [-0.05, 0) is 48.2 Å². The number of hydrogen-bond acceptors (Lipinski definition) is 7. The Kier molecular flexibility index (Phi) is 4.38. The summed E-state index contributed by atoms with van der Waals surface area (Å²) in [7, 11) is 0. The number of fused-ring (bicyclic) bond motifs is 1. The number of nitrogens with one attached hydrogen (secondary N) is 1. The summed E-state index contributed by atoms with van der Waals surface area (Å²) >= 11 is 1.56. The van der Waals surface area contributed by atoms with E-state index in [0.717, 1.165) is 24.2 Å². The van der Waals surface area contributed by atoms with Gasteiger partial charge in [0.15, 0.2) is 11.7 Å². The maximum absolute atomic E-state index is 12.1. The Morgan fingerprint density at radius 2 is 2.24 bits per heavy atom. The summed E-state index contributed by atoms with van der Waals surface area (Å²) in [6.45, 7) is -0.0801. The Bertz CT molecular complexity index is 853. The molecule has 2 heterocycles. The van der Waals surface area contributed by atoms with Crippen LogP contribution in [0.5, 0.6) is 5.75 Å². The number of nitrogens with zero attached hydrogens (tertiary/aromatic N) is 5. The predicted molar refractivity (Wildman–Crippen MR) is 92.0 cm³/mol. The highest BCUT2D eigenvalue weighted by Crippen LogP contribution is 2.29. The van der Waals surface area contributed by atoms with Crippen LogP contribution < -0.4 is 10.1 Å². The summed E-state index contributed by atoms with van der Waals surface area (Å²) in [6.07, 6.45) is 5.93. The first-order valence-corrected chi connectivity index (χ1v) is 8.84. The predicted octanol–water partition coefficient (Wildman–Crippen LogP) is 2.02. The van der Waals surface area contributed by atoms with Crippen LogP contribution >= 0.6 is 11.3 Å². The number of carbonyl (C=O) groups is 1. The van der Waals surface area contributed by atoms with Gasteiger partial charge in [0, 0.05) is 10.9 Å². The number of aromatic nitrogens is 5. The summed E-state index contributed by atoms with van der Waals surface area (Å²) in [6, 6.07) is 7.22. The average Bonchev–Trinajstić information content (AvgIpc) is 3.29. The zero-order valence-electron chi connectivity index (χ0n) is 13.4. The summed E-state index contributed by atoms with van der Waals surface area (Å²) in [4.78, 5) is 17.9. The smallest absolute Gasteiger partial charge is 0.264 e. The molecule has 1 N–H and O–H groups in total. The van der Waals surface area contributed by atoms with E-state index in [4.69, 9.17) is 4.74 Å². The molecule has 0 atom stereocenters. The normalized spacial score (nSPS) is 13.3. The molecule has 0 unspecified atom stereocenters. The lowest BCUT2D eigenvalue weighted by Gasteiger charge is -2.07. The third-order valence-corrected chi connectivity index (χ3v) is 4.97. The molecule has 25 heavy (non-hydrogen) atoms. The quantitative estimate of drug-likeness (QED) is 0.751. The lowest BCUT2D eigenvalue weighted by molar-refractivity contribution is -0.118. The molecule has 3 aromatic rings. The summed E-state index contributed by atoms with van der Waals surface area (Å²) in [5.74, 6) is 0.348. The van der Waals surface area contributed by atoms with Crippen molar-refractivity contribution in [1.82, 2.24) is 25.2 Å². The van der Waals surface area contributed by atoms with E-state index >= 15 is 0 Å². The van der Waals surface area contributed by atoms with Gasteiger partial charge in [0.25, 0.3) is 5.91 Å². The van der Waals surface area contributed by atoms with Crippen LogP contribution in [-0.2, 0) is 17.6 Å². The number of benzene rings is 1. The van der Waals surface area contributed by atoms with E-state index in [9.17, 15) is 4.79 Å². The van der Waals surface area contributed by atoms with Gasteiger partial charge in [-0.2, -0.15) is 0 Å². The Labute approximate surface area is 147 Å². The number of carbonyl (C=O) groups excluding carboxylic acids is 1. The second kappa shape index (κ2) is 6.98. The number of hydrogen-bond donors (Lipinski definition) is 1. The van der Waals surface area contributed by atoms with Gasteiger partial charge in [-0.3, -0.25) is 10.1 Å². The third kappa shape index (κ3) is 3.66. The standard InChI is InChI=1S/C16H16N6O2S/c23-15(19-16-18-13-6-1-2-7-14(13)25-16)9-24-12-5-3-4-11(8-12)22-10-17-20-21-22/h3-5,8,10H,1-2,6-7,9H2,(H,18,19,23). The molecule has 1 aliphatic rings. The second-order valence-electron chi connectivity index (χ2n) is 5.68. The molecule has 9 heteroatoms. The zero-order chi connectivity index (χ0) is 17.1. The molecule has 0 fully saturated rings. The fraction of sp³-hybridized carbons (Fsp3) is 0.312. The SMILES string of the molecule is O=C(COc1cccc(-n2cnnn2)c1)Nc1nc2c(s1)CCCC2. The van der Waals surface area contributed by atoms with Crippen LogP contribution in [0.4, 0.5) is 5.13 Å². The molecule has 0 aliphatic heterocycles. The van der Waals surface area contributed by atoms with Crippen molar-refractivity contribution >= 4 is 22.4 Å². The Morgan fingerprint density at radius 3 is 3.08 bits per heavy atom. The highest BCUT2D eigenvalue weighted by atomic mass is 32.1. The van der Waals surface area contributed by atoms with Crippen LogP contribution in [-0.4, -0.2) is 37.7 Å². The zero-order valence-corrected chi connectivity index (χ0v) is 14.2. The van der Waals surface area contributed by atoms with Crippen LogP contribution in [0.2, 0.25) is 0 Å². The van der Waals surface area contributed by atoms with Gasteiger partial charge in [-0.25, -0.2) is 9.67 Å². The van der Waals surface area contributed by atoms with Crippen molar-refractivity contribution in [1.29, 1.82) is 0 Å². The average molecular weight is 356 g/mol. The molecular weight excluding hydrogens is 340 g/mol. The minimum Gasteiger partial charge on any atom is -0.484 e. The van der Waals surface area contributed by atoms with Crippen molar-refractivity contribution in [3.8, 4) is 11.4 Å². The Morgan fingerprint density at radius 1 is 1.32 bits per heavy atom. The number of thiazole rings is 1. The highest BCUT2D eigenvalue weighted by molar-refractivity contribution is 7.15. The molecule has 8 nitrogen and oxygen atoms in total. The summed E-state index contributed by atoms with van der Waals surface area (Å²) in [5.41, 5.74) is 1.89. The minimum absolute atomic E-state index is 0.0801. The van der Waals surface area contributed by atoms with E-state index < -0.39 is 0 Å². The van der Waals surface area contributed by atoms with Gasteiger partial charge in [-0.1, -0.05) is 6.07 Å². The highest BCUT2D eigenvalue weighted by Gasteiger charge is 2.16. The number of aryl methyl sites for hydroxylation is 2. The van der Waals surface area contributed by atoms with Crippen LogP contribution in [0.1, 0.15) is 23.4 Å². The van der Waals surface area contributed by atoms with Gasteiger partial charge >= 0.3 is 0 Å². The molecule has 0 radical (unpaired) electrons. The molecule has 1 aromatic carbocycles. The Balaban J connectivity index is 1.36. The fourth-order valence-electron chi connectivity index (χ4n) is 2.71. The van der Waals surface area contributed by atoms with Crippen LogP contribution in [0.15, 0.2) is 30.6 Å². The van der Waals surface area contributed by atoms with Gasteiger partial charge in [-0.15, -0.1) is 16.4 Å². The number of ether oxygens (including phenoxy) is 1. The van der Waals surface area contributed by atoms with E-state index in [1.807, 2.05) is 12.1 Å². The first-order valence-electron chi connectivity index (χ1n) is 8.02. The van der Waals surface area contributed by atoms with Crippen LogP contribution in [0.3, 0.4) is 0 Å². The second-order valence-corrected chi connectivity index (χ2v) is 6.77. The molecule has 4 rings (SSSR count). The van der Waals surface area contributed by atoms with Crippen molar-refractivity contribution < 1.29 is 9.53 Å². The molecule has 0 spiro atoms. The first kappa shape index (κ1) is 15.7. The lowest BCUT2D eigenvalue weighted by atomic mass is 10.0. The number of tetrazole rings is 1.